The van der Waals surface area contributed by atoms with Crippen molar-refractivity contribution in [2.75, 3.05) is 23.7 Å². The Labute approximate surface area is 149 Å². The molecule has 6 heteroatoms. The molecule has 0 radical (unpaired) electrons. The van der Waals surface area contributed by atoms with Crippen molar-refractivity contribution in [2.24, 2.45) is 5.92 Å². The molecule has 1 aromatic carbocycles. The van der Waals surface area contributed by atoms with E-state index in [1.54, 1.807) is 0 Å². The zero-order valence-corrected chi connectivity index (χ0v) is 15.4. The minimum absolute atomic E-state index is 0.161. The average molecular weight is 350 g/mol. The van der Waals surface area contributed by atoms with Gasteiger partial charge in [-0.1, -0.05) is 12.1 Å². The number of anilines is 1. The first-order valence-electron chi connectivity index (χ1n) is 8.25. The summed E-state index contributed by atoms with van der Waals surface area (Å²) in [5, 5.41) is 2.74. The number of thiol groups is 1. The number of amides is 2. The number of rotatable bonds is 5. The minimum atomic E-state index is -0.487. The van der Waals surface area contributed by atoms with Gasteiger partial charge in [0.25, 0.3) is 0 Å². The Morgan fingerprint density at radius 1 is 1.33 bits per heavy atom. The van der Waals surface area contributed by atoms with E-state index in [0.717, 1.165) is 23.5 Å². The molecule has 1 unspecified atom stereocenters. The van der Waals surface area contributed by atoms with Gasteiger partial charge in [0.05, 0.1) is 0 Å². The van der Waals surface area contributed by atoms with Crippen LogP contribution in [0.2, 0.25) is 0 Å². The lowest BCUT2D eigenvalue weighted by molar-refractivity contribution is -0.117. The van der Waals surface area contributed by atoms with Crippen LogP contribution >= 0.6 is 12.6 Å². The van der Waals surface area contributed by atoms with Crippen molar-refractivity contribution in [1.29, 1.82) is 0 Å². The summed E-state index contributed by atoms with van der Waals surface area (Å²) < 4.78 is 5.19. The Morgan fingerprint density at radius 3 is 2.54 bits per heavy atom. The molecule has 1 N–H and O–H groups in total. The predicted octanol–water partition coefficient (Wildman–Crippen LogP) is 3.04. The number of hydrogen-bond donors (Lipinski definition) is 2. The fraction of sp³-hybridized carbons (Fsp3) is 0.556. The Kier molecular flexibility index (Phi) is 6.15. The lowest BCUT2D eigenvalue weighted by Gasteiger charge is -2.19. The molecule has 2 amide bonds. The van der Waals surface area contributed by atoms with Gasteiger partial charge in [-0.15, -0.1) is 0 Å². The van der Waals surface area contributed by atoms with Gasteiger partial charge in [-0.25, -0.2) is 4.79 Å². The molecule has 2 rings (SSSR count). The Morgan fingerprint density at radius 2 is 2.00 bits per heavy atom. The highest BCUT2D eigenvalue weighted by atomic mass is 32.1. The normalized spacial score (nSPS) is 17.9. The van der Waals surface area contributed by atoms with E-state index in [4.69, 9.17) is 4.74 Å². The van der Waals surface area contributed by atoms with Gasteiger partial charge in [-0.3, -0.25) is 4.79 Å². The largest absolute Gasteiger partial charge is 0.444 e. The van der Waals surface area contributed by atoms with Crippen molar-refractivity contribution < 1.29 is 14.3 Å². The zero-order valence-electron chi connectivity index (χ0n) is 14.5. The first kappa shape index (κ1) is 18.6. The number of alkyl carbamates (subject to hydrolysis) is 1. The summed E-state index contributed by atoms with van der Waals surface area (Å²) in [7, 11) is 0. The van der Waals surface area contributed by atoms with E-state index in [1.807, 2.05) is 49.9 Å². The number of carbonyl (C=O) groups excluding carboxylic acids is 2. The van der Waals surface area contributed by atoms with E-state index in [0.29, 0.717) is 25.3 Å². The molecule has 0 spiro atoms. The van der Waals surface area contributed by atoms with E-state index in [-0.39, 0.29) is 5.91 Å². The molecule has 1 aliphatic rings. The highest BCUT2D eigenvalue weighted by molar-refractivity contribution is 7.80. The quantitative estimate of drug-likeness (QED) is 0.803. The molecule has 5 nitrogen and oxygen atoms in total. The third-order valence-corrected chi connectivity index (χ3v) is 4.31. The number of benzene rings is 1. The van der Waals surface area contributed by atoms with Crippen molar-refractivity contribution in [1.82, 2.24) is 5.32 Å². The first-order valence-corrected chi connectivity index (χ1v) is 8.89. The molecule has 0 bridgehead atoms. The summed E-state index contributed by atoms with van der Waals surface area (Å²) in [4.78, 5) is 25.4. The van der Waals surface area contributed by atoms with Gasteiger partial charge in [-0.05, 0) is 56.6 Å². The van der Waals surface area contributed by atoms with Crippen LogP contribution in [0.1, 0.15) is 32.8 Å². The van der Waals surface area contributed by atoms with Crippen LogP contribution in [0.15, 0.2) is 24.3 Å². The van der Waals surface area contributed by atoms with Crippen molar-refractivity contribution >= 4 is 30.3 Å². The molecular formula is C18H26N2O3S. The van der Waals surface area contributed by atoms with Crippen molar-refractivity contribution in [2.45, 2.75) is 39.2 Å². The van der Waals surface area contributed by atoms with Gasteiger partial charge in [0.2, 0.25) is 5.91 Å². The second kappa shape index (κ2) is 7.92. The highest BCUT2D eigenvalue weighted by Gasteiger charge is 2.29. The van der Waals surface area contributed by atoms with Gasteiger partial charge in [0.15, 0.2) is 0 Å². The summed E-state index contributed by atoms with van der Waals surface area (Å²) in [6.07, 6.45) is 0.886. The standard InChI is InChI=1S/C18H26N2O3S/c1-18(2,3)23-17(22)19-9-8-13-4-6-15(7-5-13)20-11-14(12-24)10-16(20)21/h4-7,14,24H,8-12H2,1-3H3,(H,19,22). The molecule has 1 saturated heterocycles. The zero-order chi connectivity index (χ0) is 17.7. The van der Waals surface area contributed by atoms with Gasteiger partial charge in [0, 0.05) is 25.2 Å². The van der Waals surface area contributed by atoms with Crippen LogP contribution in [0.3, 0.4) is 0 Å². The van der Waals surface area contributed by atoms with E-state index in [1.165, 1.54) is 0 Å². The number of hydrogen-bond acceptors (Lipinski definition) is 4. The molecule has 0 aliphatic carbocycles. The smallest absolute Gasteiger partial charge is 0.407 e. The Hall–Kier alpha value is -1.69. The maximum Gasteiger partial charge on any atom is 0.407 e. The van der Waals surface area contributed by atoms with E-state index in [2.05, 4.69) is 17.9 Å². The van der Waals surface area contributed by atoms with Crippen LogP contribution in [0.5, 0.6) is 0 Å². The van der Waals surface area contributed by atoms with Crippen LogP contribution < -0.4 is 10.2 Å². The van der Waals surface area contributed by atoms with Crippen molar-refractivity contribution in [3.05, 3.63) is 29.8 Å². The van der Waals surface area contributed by atoms with Crippen molar-refractivity contribution in [3.63, 3.8) is 0 Å². The second-order valence-electron chi connectivity index (χ2n) is 7.10. The summed E-state index contributed by atoms with van der Waals surface area (Å²) in [5.41, 5.74) is 1.54. The summed E-state index contributed by atoms with van der Waals surface area (Å²) in [6.45, 7) is 6.76. The summed E-state index contributed by atoms with van der Waals surface area (Å²) in [6, 6.07) is 7.91. The molecule has 1 atom stereocenters. The van der Waals surface area contributed by atoms with E-state index < -0.39 is 11.7 Å². The van der Waals surface area contributed by atoms with Crippen LogP contribution in [0, 0.1) is 5.92 Å². The van der Waals surface area contributed by atoms with Gasteiger partial charge < -0.3 is 15.0 Å². The Balaban J connectivity index is 1.82. The van der Waals surface area contributed by atoms with Crippen LogP contribution in [0.25, 0.3) is 0 Å². The van der Waals surface area contributed by atoms with E-state index >= 15 is 0 Å². The monoisotopic (exact) mass is 350 g/mol. The summed E-state index contributed by atoms with van der Waals surface area (Å²) >= 11 is 4.28. The maximum absolute atomic E-state index is 12.0. The maximum atomic E-state index is 12.0. The lowest BCUT2D eigenvalue weighted by atomic mass is 10.1. The first-order chi connectivity index (χ1) is 11.3. The molecule has 1 heterocycles. The third kappa shape index (κ3) is 5.44. The van der Waals surface area contributed by atoms with Crippen LogP contribution in [-0.2, 0) is 16.0 Å². The number of nitrogens with zero attached hydrogens (tertiary/aromatic N) is 1. The fourth-order valence-electron chi connectivity index (χ4n) is 2.62. The van der Waals surface area contributed by atoms with Crippen molar-refractivity contribution in [3.8, 4) is 0 Å². The Bertz CT molecular complexity index is 581. The molecule has 132 valence electrons. The molecule has 1 fully saturated rings. The fourth-order valence-corrected chi connectivity index (χ4v) is 2.86. The lowest BCUT2D eigenvalue weighted by Crippen LogP contribution is -2.33. The van der Waals surface area contributed by atoms with Gasteiger partial charge in [0.1, 0.15) is 5.60 Å². The van der Waals surface area contributed by atoms with Gasteiger partial charge in [-0.2, -0.15) is 12.6 Å². The summed E-state index contributed by atoms with van der Waals surface area (Å²) in [5.74, 6) is 1.23. The SMILES string of the molecule is CC(C)(C)OC(=O)NCCc1ccc(N2CC(CS)CC2=O)cc1. The van der Waals surface area contributed by atoms with Gasteiger partial charge >= 0.3 is 6.09 Å². The van der Waals surface area contributed by atoms with E-state index in [9.17, 15) is 9.59 Å². The number of carbonyl (C=O) groups is 2. The third-order valence-electron chi connectivity index (χ3n) is 3.79. The second-order valence-corrected chi connectivity index (χ2v) is 7.47. The number of nitrogens with one attached hydrogen (secondary N) is 1. The molecule has 24 heavy (non-hydrogen) atoms. The minimum Gasteiger partial charge on any atom is -0.444 e. The average Bonchev–Trinajstić information content (AvgIpc) is 2.87. The molecule has 1 aromatic rings. The van der Waals surface area contributed by atoms with Crippen LogP contribution in [-0.4, -0.2) is 36.4 Å². The molecular weight excluding hydrogens is 324 g/mol. The molecule has 0 aromatic heterocycles. The van der Waals surface area contributed by atoms with Crippen LogP contribution in [0.4, 0.5) is 10.5 Å². The molecule has 0 saturated carbocycles. The predicted molar refractivity (Wildman–Crippen MR) is 98.7 cm³/mol. The highest BCUT2D eigenvalue weighted by Crippen LogP contribution is 2.25. The number of ether oxygens (including phenoxy) is 1. The molecule has 1 aliphatic heterocycles. The topological polar surface area (TPSA) is 58.6 Å².